The average molecular weight is 286 g/mol. The molecule has 0 radical (unpaired) electrons. The first-order valence-corrected chi connectivity index (χ1v) is 6.96. The molecule has 0 amide bonds. The van der Waals surface area contributed by atoms with Gasteiger partial charge in [-0.1, -0.05) is 12.2 Å². The summed E-state index contributed by atoms with van der Waals surface area (Å²) >= 11 is 0. The quantitative estimate of drug-likeness (QED) is 0.441. The monoisotopic (exact) mass is 286 g/mol. The minimum Gasteiger partial charge on any atom is -0.458 e. The van der Waals surface area contributed by atoms with Crippen molar-refractivity contribution in [2.75, 3.05) is 19.8 Å². The molecule has 0 aromatic heterocycles. The molecule has 0 N–H and O–H groups in total. The van der Waals surface area contributed by atoms with Crippen molar-refractivity contribution in [2.24, 2.45) is 0 Å². The summed E-state index contributed by atoms with van der Waals surface area (Å²) in [5.74, 6) is -0.890. The normalized spacial score (nSPS) is 22.9. The summed E-state index contributed by atoms with van der Waals surface area (Å²) in [6.07, 6.45) is 4.66. The van der Waals surface area contributed by atoms with Gasteiger partial charge in [0.05, 0.1) is 19.3 Å². The van der Waals surface area contributed by atoms with Gasteiger partial charge in [0.1, 0.15) is 12.2 Å². The van der Waals surface area contributed by atoms with Crippen LogP contribution in [0.15, 0.2) is 12.2 Å². The van der Waals surface area contributed by atoms with Gasteiger partial charge in [0.15, 0.2) is 5.79 Å². The lowest BCUT2D eigenvalue weighted by atomic mass is 10.2. The number of hydrogen-bond acceptors (Lipinski definition) is 5. The van der Waals surface area contributed by atoms with E-state index in [1.165, 1.54) is 0 Å². The number of rotatable bonds is 5. The molecule has 116 valence electrons. The smallest absolute Gasteiger partial charge is 0.332 e. The van der Waals surface area contributed by atoms with Crippen LogP contribution < -0.4 is 0 Å². The van der Waals surface area contributed by atoms with Gasteiger partial charge in [-0.05, 0) is 34.6 Å². The molecule has 0 bridgehead atoms. The molecule has 1 saturated heterocycles. The highest BCUT2D eigenvalue weighted by molar-refractivity contribution is 5.71. The average Bonchev–Trinajstić information content (AvgIpc) is 2.24. The highest BCUT2D eigenvalue weighted by atomic mass is 16.7. The van der Waals surface area contributed by atoms with Crippen molar-refractivity contribution in [3.05, 3.63) is 12.2 Å². The first-order chi connectivity index (χ1) is 9.18. The first-order valence-electron chi connectivity index (χ1n) is 6.96. The number of carbonyl (C=O) groups excluding carboxylic acids is 1. The SMILES string of the molecule is CC(C)(C)OC(=O)COC/C=C/C1CCOC(C)(C)O1. The zero-order valence-corrected chi connectivity index (χ0v) is 13.1. The van der Waals surface area contributed by atoms with Crippen LogP contribution in [0.5, 0.6) is 0 Å². The van der Waals surface area contributed by atoms with Gasteiger partial charge in [0.2, 0.25) is 0 Å². The molecular formula is C15H26O5. The summed E-state index contributed by atoms with van der Waals surface area (Å²) in [6, 6.07) is 0. The van der Waals surface area contributed by atoms with Crippen LogP contribution in [0.25, 0.3) is 0 Å². The van der Waals surface area contributed by atoms with Crippen molar-refractivity contribution < 1.29 is 23.7 Å². The Bertz CT molecular complexity index is 341. The van der Waals surface area contributed by atoms with Gasteiger partial charge < -0.3 is 18.9 Å². The Kier molecular flexibility index (Phi) is 6.17. The van der Waals surface area contributed by atoms with E-state index < -0.39 is 11.4 Å². The molecule has 5 nitrogen and oxygen atoms in total. The number of esters is 1. The van der Waals surface area contributed by atoms with Gasteiger partial charge >= 0.3 is 5.97 Å². The van der Waals surface area contributed by atoms with Crippen LogP contribution in [0.3, 0.4) is 0 Å². The zero-order chi connectivity index (χ0) is 15.2. The Morgan fingerprint density at radius 2 is 2.10 bits per heavy atom. The van der Waals surface area contributed by atoms with E-state index in [0.717, 1.165) is 6.42 Å². The fraction of sp³-hybridized carbons (Fsp3) is 0.800. The van der Waals surface area contributed by atoms with E-state index in [-0.39, 0.29) is 18.7 Å². The van der Waals surface area contributed by atoms with Gasteiger partial charge in [-0.2, -0.15) is 0 Å². The van der Waals surface area contributed by atoms with Crippen molar-refractivity contribution in [1.82, 2.24) is 0 Å². The van der Waals surface area contributed by atoms with E-state index in [1.54, 1.807) is 0 Å². The summed E-state index contributed by atoms with van der Waals surface area (Å²) in [7, 11) is 0. The van der Waals surface area contributed by atoms with Crippen molar-refractivity contribution >= 4 is 5.97 Å². The van der Waals surface area contributed by atoms with E-state index in [9.17, 15) is 4.79 Å². The van der Waals surface area contributed by atoms with Crippen LogP contribution in [-0.4, -0.2) is 43.3 Å². The molecule has 1 atom stereocenters. The summed E-state index contributed by atoms with van der Waals surface area (Å²) in [5, 5.41) is 0. The molecule has 1 aliphatic heterocycles. The molecule has 1 aliphatic rings. The Labute approximate surface area is 121 Å². The van der Waals surface area contributed by atoms with E-state index >= 15 is 0 Å². The highest BCUT2D eigenvalue weighted by Crippen LogP contribution is 2.22. The molecule has 1 heterocycles. The van der Waals surface area contributed by atoms with Crippen molar-refractivity contribution in [3.63, 3.8) is 0 Å². The predicted molar refractivity (Wildman–Crippen MR) is 75.3 cm³/mol. The maximum Gasteiger partial charge on any atom is 0.332 e. The molecule has 0 saturated carbocycles. The Hall–Kier alpha value is -0.910. The molecule has 0 aromatic rings. The Morgan fingerprint density at radius 1 is 1.40 bits per heavy atom. The van der Waals surface area contributed by atoms with Gasteiger partial charge in [-0.25, -0.2) is 4.79 Å². The van der Waals surface area contributed by atoms with Gasteiger partial charge in [-0.3, -0.25) is 0 Å². The molecule has 1 fully saturated rings. The van der Waals surface area contributed by atoms with Crippen LogP contribution in [0.1, 0.15) is 41.0 Å². The number of hydrogen-bond donors (Lipinski definition) is 0. The van der Waals surface area contributed by atoms with E-state index in [1.807, 2.05) is 46.8 Å². The second-order valence-electron chi connectivity index (χ2n) is 6.22. The lowest BCUT2D eigenvalue weighted by molar-refractivity contribution is -0.262. The Balaban J connectivity index is 2.18. The molecule has 0 aliphatic carbocycles. The fourth-order valence-corrected chi connectivity index (χ4v) is 1.80. The van der Waals surface area contributed by atoms with Crippen LogP contribution in [0.2, 0.25) is 0 Å². The maximum absolute atomic E-state index is 11.4. The highest BCUT2D eigenvalue weighted by Gasteiger charge is 2.27. The third-order valence-electron chi connectivity index (χ3n) is 2.49. The molecular weight excluding hydrogens is 260 g/mol. The van der Waals surface area contributed by atoms with Gasteiger partial charge in [-0.15, -0.1) is 0 Å². The van der Waals surface area contributed by atoms with Gasteiger partial charge in [0.25, 0.3) is 0 Å². The maximum atomic E-state index is 11.4. The van der Waals surface area contributed by atoms with E-state index in [2.05, 4.69) is 0 Å². The fourth-order valence-electron chi connectivity index (χ4n) is 1.80. The second-order valence-corrected chi connectivity index (χ2v) is 6.22. The third kappa shape index (κ3) is 7.62. The minimum atomic E-state index is -0.537. The van der Waals surface area contributed by atoms with Crippen molar-refractivity contribution in [2.45, 2.75) is 58.5 Å². The lowest BCUT2D eigenvalue weighted by Gasteiger charge is -2.34. The molecule has 5 heteroatoms. The standard InChI is InChI=1S/C15H26O5/c1-14(2,3)20-13(16)11-17-9-6-7-12-8-10-18-15(4,5)19-12/h6-7,12H,8-11H2,1-5H3/b7-6+. The van der Waals surface area contributed by atoms with Crippen LogP contribution >= 0.6 is 0 Å². The molecule has 20 heavy (non-hydrogen) atoms. The largest absolute Gasteiger partial charge is 0.458 e. The third-order valence-corrected chi connectivity index (χ3v) is 2.49. The minimum absolute atomic E-state index is 0.0314. The van der Waals surface area contributed by atoms with E-state index in [4.69, 9.17) is 18.9 Å². The molecule has 0 aromatic carbocycles. The topological polar surface area (TPSA) is 54.0 Å². The van der Waals surface area contributed by atoms with E-state index in [0.29, 0.717) is 13.2 Å². The molecule has 0 spiro atoms. The molecule has 1 unspecified atom stereocenters. The number of ether oxygens (including phenoxy) is 4. The summed E-state index contributed by atoms with van der Waals surface area (Å²) in [5.41, 5.74) is -0.474. The van der Waals surface area contributed by atoms with Crippen LogP contribution in [-0.2, 0) is 23.7 Å². The Morgan fingerprint density at radius 3 is 2.70 bits per heavy atom. The van der Waals surface area contributed by atoms with Crippen molar-refractivity contribution in [1.29, 1.82) is 0 Å². The number of carbonyl (C=O) groups is 1. The van der Waals surface area contributed by atoms with Crippen LogP contribution in [0.4, 0.5) is 0 Å². The van der Waals surface area contributed by atoms with Crippen molar-refractivity contribution in [3.8, 4) is 0 Å². The summed E-state index contributed by atoms with van der Waals surface area (Å²) < 4.78 is 21.5. The first kappa shape index (κ1) is 17.1. The summed E-state index contributed by atoms with van der Waals surface area (Å²) in [4.78, 5) is 11.4. The summed E-state index contributed by atoms with van der Waals surface area (Å²) in [6.45, 7) is 10.3. The predicted octanol–water partition coefficient (Wildman–Crippen LogP) is 2.44. The van der Waals surface area contributed by atoms with Crippen LogP contribution in [0, 0.1) is 0 Å². The second kappa shape index (κ2) is 7.20. The van der Waals surface area contributed by atoms with Gasteiger partial charge in [0, 0.05) is 6.42 Å². The molecule has 1 rings (SSSR count). The lowest BCUT2D eigenvalue weighted by Crippen LogP contribution is -2.38. The zero-order valence-electron chi connectivity index (χ0n) is 13.1.